The molecule has 0 amide bonds. The average Bonchev–Trinajstić information content (AvgIpc) is 3.12. The quantitative estimate of drug-likeness (QED) is 0.476. The SMILES string of the molecule is CCNC(=NCc1ccnc(OCC(F)(F)F)c1)NC1CCc2nc(COC)nn2C1. The van der Waals surface area contributed by atoms with Gasteiger partial charge in [-0.1, -0.05) is 0 Å². The van der Waals surface area contributed by atoms with Gasteiger partial charge in [-0.3, -0.25) is 0 Å². The number of alkyl halides is 3. The van der Waals surface area contributed by atoms with Crippen molar-refractivity contribution < 1.29 is 22.6 Å². The molecule has 9 nitrogen and oxygen atoms in total. The Morgan fingerprint density at radius 3 is 2.97 bits per heavy atom. The van der Waals surface area contributed by atoms with Crippen molar-refractivity contribution in [3.63, 3.8) is 0 Å². The van der Waals surface area contributed by atoms with Crippen molar-refractivity contribution in [1.29, 1.82) is 0 Å². The molecule has 3 rings (SSSR count). The number of pyridine rings is 1. The summed E-state index contributed by atoms with van der Waals surface area (Å²) in [6.45, 7) is 2.54. The van der Waals surface area contributed by atoms with Crippen molar-refractivity contribution in [1.82, 2.24) is 30.4 Å². The summed E-state index contributed by atoms with van der Waals surface area (Å²) in [7, 11) is 1.61. The third-order valence-electron chi connectivity index (χ3n) is 4.46. The number of aryl methyl sites for hydroxylation is 1. The number of hydrogen-bond donors (Lipinski definition) is 2. The number of hydrogen-bond acceptors (Lipinski definition) is 6. The molecule has 0 aliphatic carbocycles. The van der Waals surface area contributed by atoms with Crippen molar-refractivity contribution >= 4 is 5.96 Å². The lowest BCUT2D eigenvalue weighted by Crippen LogP contribution is -2.47. The molecule has 31 heavy (non-hydrogen) atoms. The number of guanidine groups is 1. The van der Waals surface area contributed by atoms with Crippen LogP contribution < -0.4 is 15.4 Å². The van der Waals surface area contributed by atoms with Crippen LogP contribution in [0.5, 0.6) is 5.88 Å². The van der Waals surface area contributed by atoms with E-state index in [1.165, 1.54) is 12.3 Å². The number of fused-ring (bicyclic) bond motifs is 1. The van der Waals surface area contributed by atoms with Crippen molar-refractivity contribution in [2.45, 2.75) is 51.7 Å². The number of rotatable bonds is 8. The van der Waals surface area contributed by atoms with Gasteiger partial charge in [0.15, 0.2) is 18.4 Å². The number of methoxy groups -OCH3 is 1. The molecule has 2 N–H and O–H groups in total. The Balaban J connectivity index is 1.60. The molecule has 0 fully saturated rings. The van der Waals surface area contributed by atoms with Gasteiger partial charge >= 0.3 is 6.18 Å². The molecule has 0 bridgehead atoms. The van der Waals surface area contributed by atoms with E-state index in [1.807, 2.05) is 11.6 Å². The molecule has 1 aliphatic heterocycles. The number of nitrogens with zero attached hydrogens (tertiary/aromatic N) is 5. The summed E-state index contributed by atoms with van der Waals surface area (Å²) in [6.07, 6.45) is -1.34. The summed E-state index contributed by atoms with van der Waals surface area (Å²) in [4.78, 5) is 12.8. The molecular formula is C19H26F3N7O2. The summed E-state index contributed by atoms with van der Waals surface area (Å²) in [6, 6.07) is 3.26. The topological polar surface area (TPSA) is 98.5 Å². The number of ether oxygens (including phenoxy) is 2. The number of aromatic nitrogens is 4. The highest BCUT2D eigenvalue weighted by molar-refractivity contribution is 5.80. The lowest BCUT2D eigenvalue weighted by molar-refractivity contribution is -0.154. The highest BCUT2D eigenvalue weighted by Gasteiger charge is 2.28. The fourth-order valence-electron chi connectivity index (χ4n) is 3.14. The lowest BCUT2D eigenvalue weighted by atomic mass is 10.1. The molecule has 170 valence electrons. The maximum absolute atomic E-state index is 12.3. The smallest absolute Gasteiger partial charge is 0.422 e. The van der Waals surface area contributed by atoms with E-state index in [0.717, 1.165) is 18.7 Å². The van der Waals surface area contributed by atoms with Gasteiger partial charge in [0.25, 0.3) is 0 Å². The summed E-state index contributed by atoms with van der Waals surface area (Å²) in [5.41, 5.74) is 0.691. The van der Waals surface area contributed by atoms with Gasteiger partial charge in [0.2, 0.25) is 5.88 Å². The second kappa shape index (κ2) is 10.4. The lowest BCUT2D eigenvalue weighted by Gasteiger charge is -2.25. The third kappa shape index (κ3) is 7.09. The van der Waals surface area contributed by atoms with E-state index in [9.17, 15) is 13.2 Å². The van der Waals surface area contributed by atoms with Gasteiger partial charge in [-0.2, -0.15) is 18.3 Å². The Morgan fingerprint density at radius 2 is 2.23 bits per heavy atom. The molecule has 0 radical (unpaired) electrons. The molecule has 12 heteroatoms. The first-order valence-corrected chi connectivity index (χ1v) is 9.97. The van der Waals surface area contributed by atoms with Crippen LogP contribution in [-0.2, 0) is 30.9 Å². The van der Waals surface area contributed by atoms with E-state index in [0.29, 0.717) is 37.0 Å². The zero-order chi connectivity index (χ0) is 22.3. The number of aliphatic imine (C=N–C) groups is 1. The van der Waals surface area contributed by atoms with Crippen molar-refractivity contribution in [3.05, 3.63) is 35.5 Å². The molecule has 2 aromatic heterocycles. The van der Waals surface area contributed by atoms with Crippen LogP contribution in [0.1, 0.15) is 30.6 Å². The van der Waals surface area contributed by atoms with Gasteiger partial charge in [0, 0.05) is 38.4 Å². The van der Waals surface area contributed by atoms with E-state index in [1.54, 1.807) is 13.2 Å². The fraction of sp³-hybridized carbons (Fsp3) is 0.579. The Labute approximate surface area is 178 Å². The van der Waals surface area contributed by atoms with Gasteiger partial charge in [-0.15, -0.1) is 0 Å². The molecule has 0 saturated carbocycles. The normalized spacial score (nSPS) is 16.7. The van der Waals surface area contributed by atoms with Gasteiger partial charge in [0.1, 0.15) is 12.4 Å². The maximum Gasteiger partial charge on any atom is 0.422 e. The Bertz CT molecular complexity index is 886. The second-order valence-electron chi connectivity index (χ2n) is 7.04. The zero-order valence-corrected chi connectivity index (χ0v) is 17.4. The van der Waals surface area contributed by atoms with E-state index in [2.05, 4.69) is 30.7 Å². The Morgan fingerprint density at radius 1 is 1.39 bits per heavy atom. The summed E-state index contributed by atoms with van der Waals surface area (Å²) in [5, 5.41) is 11.0. The van der Waals surface area contributed by atoms with E-state index in [-0.39, 0.29) is 18.5 Å². The second-order valence-corrected chi connectivity index (χ2v) is 7.04. The molecule has 1 unspecified atom stereocenters. The van der Waals surface area contributed by atoms with Crippen LogP contribution in [-0.4, -0.2) is 58.2 Å². The predicted molar refractivity (Wildman–Crippen MR) is 107 cm³/mol. The van der Waals surface area contributed by atoms with Crippen LogP contribution >= 0.6 is 0 Å². The van der Waals surface area contributed by atoms with Crippen LogP contribution in [0.3, 0.4) is 0 Å². The van der Waals surface area contributed by atoms with E-state index in [4.69, 9.17) is 9.47 Å². The van der Waals surface area contributed by atoms with Crippen LogP contribution in [0.15, 0.2) is 23.3 Å². The van der Waals surface area contributed by atoms with Gasteiger partial charge in [-0.05, 0) is 25.0 Å². The van der Waals surface area contributed by atoms with Gasteiger partial charge in [0.05, 0.1) is 13.1 Å². The molecular weight excluding hydrogens is 415 g/mol. The van der Waals surface area contributed by atoms with Crippen molar-refractivity contribution in [3.8, 4) is 5.88 Å². The molecule has 0 aromatic carbocycles. The van der Waals surface area contributed by atoms with Crippen LogP contribution in [0, 0.1) is 0 Å². The molecule has 0 saturated heterocycles. The summed E-state index contributed by atoms with van der Waals surface area (Å²) >= 11 is 0. The van der Waals surface area contributed by atoms with E-state index < -0.39 is 12.8 Å². The van der Waals surface area contributed by atoms with Gasteiger partial charge in [-0.25, -0.2) is 19.6 Å². The largest absolute Gasteiger partial charge is 0.468 e. The highest BCUT2D eigenvalue weighted by Crippen LogP contribution is 2.18. The minimum absolute atomic E-state index is 0.0826. The summed E-state index contributed by atoms with van der Waals surface area (Å²) < 4.78 is 48.7. The highest BCUT2D eigenvalue weighted by atomic mass is 19.4. The standard InChI is InChI=1S/C19H26F3N7O2/c1-3-23-18(25-9-13-6-7-24-17(8-13)31-12-19(20,21)22)26-14-4-5-16-27-15(11-30-2)28-29(16)10-14/h6-8,14H,3-5,9-12H2,1-2H3,(H2,23,25,26). The van der Waals surface area contributed by atoms with Crippen LogP contribution in [0.4, 0.5) is 13.2 Å². The monoisotopic (exact) mass is 441 g/mol. The summed E-state index contributed by atoms with van der Waals surface area (Å²) in [5.74, 6) is 2.14. The molecule has 0 spiro atoms. The minimum atomic E-state index is -4.41. The van der Waals surface area contributed by atoms with Crippen molar-refractivity contribution in [2.75, 3.05) is 20.3 Å². The van der Waals surface area contributed by atoms with Crippen LogP contribution in [0.2, 0.25) is 0 Å². The molecule has 2 aromatic rings. The zero-order valence-electron chi connectivity index (χ0n) is 17.4. The number of halogens is 3. The first-order valence-electron chi connectivity index (χ1n) is 9.97. The molecule has 1 atom stereocenters. The van der Waals surface area contributed by atoms with Gasteiger partial charge < -0.3 is 20.1 Å². The minimum Gasteiger partial charge on any atom is -0.468 e. The maximum atomic E-state index is 12.3. The Kier molecular flexibility index (Phi) is 7.66. The van der Waals surface area contributed by atoms with Crippen LogP contribution in [0.25, 0.3) is 0 Å². The number of nitrogens with one attached hydrogen (secondary N) is 2. The fourth-order valence-corrected chi connectivity index (χ4v) is 3.14. The predicted octanol–water partition coefficient (Wildman–Crippen LogP) is 1.83. The first kappa shape index (κ1) is 22.8. The molecule has 3 heterocycles. The van der Waals surface area contributed by atoms with Crippen molar-refractivity contribution in [2.24, 2.45) is 4.99 Å². The van der Waals surface area contributed by atoms with E-state index >= 15 is 0 Å². The average molecular weight is 441 g/mol. The molecule has 1 aliphatic rings. The third-order valence-corrected chi connectivity index (χ3v) is 4.46. The Hall–Kier alpha value is -2.89. The first-order chi connectivity index (χ1) is 14.9.